The number of halogens is 1. The Hall–Kier alpha value is -1.66. The summed E-state index contributed by atoms with van der Waals surface area (Å²) in [5, 5.41) is 15.1. The number of nitrogens with one attached hydrogen (secondary N) is 2. The van der Waals surface area contributed by atoms with Crippen LogP contribution in [0, 0.1) is 5.82 Å². The van der Waals surface area contributed by atoms with Crippen LogP contribution in [-0.2, 0) is 0 Å². The van der Waals surface area contributed by atoms with E-state index in [0.29, 0.717) is 6.54 Å². The first-order valence-electron chi connectivity index (χ1n) is 7.25. The van der Waals surface area contributed by atoms with E-state index in [1.807, 2.05) is 0 Å². The van der Waals surface area contributed by atoms with Crippen molar-refractivity contribution in [1.29, 1.82) is 0 Å². The number of benzene rings is 1. The zero-order valence-electron chi connectivity index (χ0n) is 12.6. The lowest BCUT2D eigenvalue weighted by Gasteiger charge is -2.18. The number of aliphatic hydroxyl groups is 1. The van der Waals surface area contributed by atoms with E-state index in [0.717, 1.165) is 19.6 Å². The van der Waals surface area contributed by atoms with Crippen LogP contribution in [0.15, 0.2) is 24.3 Å². The third-order valence-electron chi connectivity index (χ3n) is 3.33. The van der Waals surface area contributed by atoms with Gasteiger partial charge in [-0.25, -0.2) is 9.18 Å². The highest BCUT2D eigenvalue weighted by atomic mass is 19.1. The van der Waals surface area contributed by atoms with E-state index in [1.165, 1.54) is 12.1 Å². The summed E-state index contributed by atoms with van der Waals surface area (Å²) in [4.78, 5) is 13.8. The molecule has 0 radical (unpaired) electrons. The van der Waals surface area contributed by atoms with Crippen LogP contribution in [0.5, 0.6) is 0 Å². The Morgan fingerprint density at radius 3 is 2.57 bits per heavy atom. The van der Waals surface area contributed by atoms with Gasteiger partial charge in [0.2, 0.25) is 0 Å². The molecule has 118 valence electrons. The maximum Gasteiger partial charge on any atom is 0.314 e. The topological polar surface area (TPSA) is 64.6 Å². The largest absolute Gasteiger partial charge is 0.386 e. The molecule has 2 amide bonds. The monoisotopic (exact) mass is 297 g/mol. The van der Waals surface area contributed by atoms with Crippen LogP contribution in [0.2, 0.25) is 0 Å². The van der Waals surface area contributed by atoms with Gasteiger partial charge in [0.1, 0.15) is 5.82 Å². The fourth-order valence-electron chi connectivity index (χ4n) is 1.97. The van der Waals surface area contributed by atoms with Gasteiger partial charge in [-0.1, -0.05) is 32.0 Å². The lowest BCUT2D eigenvalue weighted by molar-refractivity contribution is 0.168. The molecule has 0 aromatic heterocycles. The fraction of sp³-hybridized carbons (Fsp3) is 0.533. The van der Waals surface area contributed by atoms with E-state index in [4.69, 9.17) is 0 Å². The summed E-state index contributed by atoms with van der Waals surface area (Å²) in [6.07, 6.45) is -1.06. The van der Waals surface area contributed by atoms with Crippen LogP contribution in [-0.4, -0.2) is 48.8 Å². The molecule has 0 bridgehead atoms. The molecule has 3 N–H and O–H groups in total. The summed E-state index contributed by atoms with van der Waals surface area (Å²) in [6, 6.07) is 5.62. The van der Waals surface area contributed by atoms with Gasteiger partial charge < -0.3 is 20.6 Å². The molecule has 1 unspecified atom stereocenters. The predicted octanol–water partition coefficient (Wildman–Crippen LogP) is 1.50. The highest BCUT2D eigenvalue weighted by Gasteiger charge is 2.13. The molecule has 0 aliphatic heterocycles. The maximum atomic E-state index is 13.4. The Labute approximate surface area is 125 Å². The Morgan fingerprint density at radius 2 is 1.95 bits per heavy atom. The molecule has 0 heterocycles. The summed E-state index contributed by atoms with van der Waals surface area (Å²) >= 11 is 0. The SMILES string of the molecule is CCN(CC)CCNC(=O)NCC(O)c1ccccc1F. The molecule has 0 saturated heterocycles. The molecule has 5 nitrogen and oxygen atoms in total. The number of rotatable bonds is 8. The summed E-state index contributed by atoms with van der Waals surface area (Å²) in [6.45, 7) is 7.28. The van der Waals surface area contributed by atoms with Gasteiger partial charge in [-0.2, -0.15) is 0 Å². The van der Waals surface area contributed by atoms with Crippen LogP contribution in [0.4, 0.5) is 9.18 Å². The Morgan fingerprint density at radius 1 is 1.29 bits per heavy atom. The number of urea groups is 1. The van der Waals surface area contributed by atoms with Crippen LogP contribution in [0.25, 0.3) is 0 Å². The molecule has 0 spiro atoms. The highest BCUT2D eigenvalue weighted by molar-refractivity contribution is 5.73. The van der Waals surface area contributed by atoms with Crippen molar-refractivity contribution < 1.29 is 14.3 Å². The van der Waals surface area contributed by atoms with Gasteiger partial charge in [0, 0.05) is 25.2 Å². The zero-order valence-corrected chi connectivity index (χ0v) is 12.6. The van der Waals surface area contributed by atoms with Crippen molar-refractivity contribution in [2.24, 2.45) is 0 Å². The number of hydrogen-bond donors (Lipinski definition) is 3. The summed E-state index contributed by atoms with van der Waals surface area (Å²) in [7, 11) is 0. The van der Waals surface area contributed by atoms with E-state index in [1.54, 1.807) is 12.1 Å². The molecule has 0 fully saturated rings. The fourth-order valence-corrected chi connectivity index (χ4v) is 1.97. The van der Waals surface area contributed by atoms with Crippen LogP contribution in [0.1, 0.15) is 25.5 Å². The second-order valence-electron chi connectivity index (χ2n) is 4.70. The second kappa shape index (κ2) is 9.31. The maximum absolute atomic E-state index is 13.4. The molecule has 0 aliphatic carbocycles. The molecule has 0 aliphatic rings. The Bertz CT molecular complexity index is 439. The molecular weight excluding hydrogens is 273 g/mol. The van der Waals surface area contributed by atoms with Crippen LogP contribution in [0.3, 0.4) is 0 Å². The van der Waals surface area contributed by atoms with Crippen LogP contribution >= 0.6 is 0 Å². The molecule has 1 rings (SSSR count). The standard InChI is InChI=1S/C15H24FN3O2/c1-3-19(4-2)10-9-17-15(21)18-11-14(20)12-7-5-6-8-13(12)16/h5-8,14,20H,3-4,9-11H2,1-2H3,(H2,17,18,21). The third-order valence-corrected chi connectivity index (χ3v) is 3.33. The Balaban J connectivity index is 2.28. The first-order chi connectivity index (χ1) is 10.1. The number of hydrogen-bond acceptors (Lipinski definition) is 3. The van der Waals surface area contributed by atoms with Crippen molar-refractivity contribution in [1.82, 2.24) is 15.5 Å². The molecule has 21 heavy (non-hydrogen) atoms. The van der Waals surface area contributed by atoms with E-state index in [2.05, 4.69) is 29.4 Å². The van der Waals surface area contributed by atoms with Gasteiger partial charge in [-0.15, -0.1) is 0 Å². The minimum Gasteiger partial charge on any atom is -0.386 e. The molecule has 1 atom stereocenters. The first-order valence-corrected chi connectivity index (χ1v) is 7.25. The number of aliphatic hydroxyl groups excluding tert-OH is 1. The average Bonchev–Trinajstić information content (AvgIpc) is 2.49. The van der Waals surface area contributed by atoms with E-state index in [-0.39, 0.29) is 18.1 Å². The molecule has 1 aromatic rings. The number of carbonyl (C=O) groups is 1. The third kappa shape index (κ3) is 6.10. The smallest absolute Gasteiger partial charge is 0.314 e. The molecular formula is C15H24FN3O2. The number of amides is 2. The van der Waals surface area contributed by atoms with Crippen molar-refractivity contribution in [2.75, 3.05) is 32.7 Å². The van der Waals surface area contributed by atoms with Crippen LogP contribution < -0.4 is 10.6 Å². The minimum absolute atomic E-state index is 0.0297. The summed E-state index contributed by atoms with van der Waals surface area (Å²) in [5.41, 5.74) is 0.181. The van der Waals surface area contributed by atoms with Gasteiger partial charge in [0.25, 0.3) is 0 Å². The predicted molar refractivity (Wildman–Crippen MR) is 80.5 cm³/mol. The lowest BCUT2D eigenvalue weighted by atomic mass is 10.1. The normalized spacial score (nSPS) is 12.2. The van der Waals surface area contributed by atoms with Gasteiger partial charge in [-0.3, -0.25) is 0 Å². The van der Waals surface area contributed by atoms with E-state index < -0.39 is 11.9 Å². The summed E-state index contributed by atoms with van der Waals surface area (Å²) < 4.78 is 13.4. The van der Waals surface area contributed by atoms with Crippen molar-refractivity contribution in [3.05, 3.63) is 35.6 Å². The first kappa shape index (κ1) is 17.4. The van der Waals surface area contributed by atoms with Gasteiger partial charge in [-0.05, 0) is 19.2 Å². The van der Waals surface area contributed by atoms with Gasteiger partial charge >= 0.3 is 6.03 Å². The molecule has 1 aromatic carbocycles. The number of likely N-dealkylation sites (N-methyl/N-ethyl adjacent to an activating group) is 1. The second-order valence-corrected chi connectivity index (χ2v) is 4.70. The van der Waals surface area contributed by atoms with Crippen molar-refractivity contribution in [3.63, 3.8) is 0 Å². The Kier molecular flexibility index (Phi) is 7.71. The lowest BCUT2D eigenvalue weighted by Crippen LogP contribution is -2.41. The van der Waals surface area contributed by atoms with Gasteiger partial charge in [0.15, 0.2) is 0 Å². The van der Waals surface area contributed by atoms with E-state index >= 15 is 0 Å². The highest BCUT2D eigenvalue weighted by Crippen LogP contribution is 2.15. The minimum atomic E-state index is -1.06. The number of carbonyl (C=O) groups excluding carboxylic acids is 1. The number of nitrogens with zero attached hydrogens (tertiary/aromatic N) is 1. The van der Waals surface area contributed by atoms with Crippen molar-refractivity contribution in [2.45, 2.75) is 20.0 Å². The average molecular weight is 297 g/mol. The molecule has 6 heteroatoms. The van der Waals surface area contributed by atoms with Crippen molar-refractivity contribution in [3.8, 4) is 0 Å². The quantitative estimate of drug-likeness (QED) is 0.681. The summed E-state index contributed by atoms with van der Waals surface area (Å²) in [5.74, 6) is -0.478. The van der Waals surface area contributed by atoms with Gasteiger partial charge in [0.05, 0.1) is 6.10 Å². The van der Waals surface area contributed by atoms with Crippen molar-refractivity contribution >= 4 is 6.03 Å². The molecule has 0 saturated carbocycles. The zero-order chi connectivity index (χ0) is 15.7. The van der Waals surface area contributed by atoms with E-state index in [9.17, 15) is 14.3 Å².